The summed E-state index contributed by atoms with van der Waals surface area (Å²) in [7, 11) is 2.87. The van der Waals surface area contributed by atoms with E-state index in [1.54, 1.807) is 17.9 Å². The van der Waals surface area contributed by atoms with E-state index >= 15 is 8.78 Å². The number of likely N-dealkylation sites (tertiary alicyclic amines) is 1. The molecule has 0 spiro atoms. The van der Waals surface area contributed by atoms with E-state index in [-0.39, 0.29) is 102 Å². The molecule has 1 saturated carbocycles. The smallest absolute Gasteiger partial charge is 0.319 e. The molecule has 3 aliphatic heterocycles. The summed E-state index contributed by atoms with van der Waals surface area (Å²) >= 11 is 0. The lowest BCUT2D eigenvalue weighted by atomic mass is 9.74. The van der Waals surface area contributed by atoms with Gasteiger partial charge in [0.15, 0.2) is 12.6 Å². The maximum absolute atomic E-state index is 17.7. The lowest BCUT2D eigenvalue weighted by Gasteiger charge is -2.51. The first kappa shape index (κ1) is 42.3. The summed E-state index contributed by atoms with van der Waals surface area (Å²) in [5.41, 5.74) is -1.87. The minimum Gasteiger partial charge on any atom is -0.480 e. The van der Waals surface area contributed by atoms with Crippen LogP contribution >= 0.6 is 0 Å². The zero-order valence-electron chi connectivity index (χ0n) is 35.0. The van der Waals surface area contributed by atoms with Gasteiger partial charge in [-0.1, -0.05) is 18.4 Å². The van der Waals surface area contributed by atoms with Gasteiger partial charge >= 0.3 is 6.01 Å². The fraction of sp³-hybridized carbons (Fsp3) is 0.578. The number of terminal acetylenes is 1. The van der Waals surface area contributed by atoms with E-state index in [1.165, 1.54) is 32.4 Å². The normalized spacial score (nSPS) is 28.7. The lowest BCUT2D eigenvalue weighted by Crippen LogP contribution is -2.57. The number of rotatable bonds is 11. The van der Waals surface area contributed by atoms with Crippen molar-refractivity contribution < 1.29 is 47.4 Å². The molecule has 1 aliphatic carbocycles. The number of β-amino-alcohol motifs (C(OH)–C–C–N with tert-alkyl or cyclic N) is 1. The maximum atomic E-state index is 17.7. The number of hydrogen-bond donors (Lipinski definition) is 2. The second-order valence-corrected chi connectivity index (χ2v) is 17.3. The van der Waals surface area contributed by atoms with E-state index in [0.717, 1.165) is 51.5 Å². The number of hydrogen-bond acceptors (Lipinski definition) is 13. The summed E-state index contributed by atoms with van der Waals surface area (Å²) in [6.07, 6.45) is 12.6. The van der Waals surface area contributed by atoms with Gasteiger partial charge in [0.1, 0.15) is 39.6 Å². The first-order valence-corrected chi connectivity index (χ1v) is 20.9. The highest BCUT2D eigenvalue weighted by Gasteiger charge is 2.51. The van der Waals surface area contributed by atoms with E-state index < -0.39 is 23.3 Å². The number of benzene rings is 2. The highest BCUT2D eigenvalue weighted by atomic mass is 19.1. The van der Waals surface area contributed by atoms with Crippen LogP contribution in [-0.4, -0.2) is 127 Å². The van der Waals surface area contributed by atoms with Crippen molar-refractivity contribution in [2.45, 2.75) is 102 Å². The van der Waals surface area contributed by atoms with Crippen LogP contribution in [0.1, 0.15) is 71.3 Å². The van der Waals surface area contributed by atoms with Crippen molar-refractivity contribution in [3.63, 3.8) is 0 Å². The van der Waals surface area contributed by atoms with Gasteiger partial charge in [0, 0.05) is 42.1 Å². The van der Waals surface area contributed by atoms with Gasteiger partial charge in [-0.15, -0.1) is 6.42 Å². The Labute approximate surface area is 349 Å². The fourth-order valence-electron chi connectivity index (χ4n) is 10.3. The molecular formula is C45H55F2N5O8. The minimum atomic E-state index is -1.38. The highest BCUT2D eigenvalue weighted by molar-refractivity contribution is 6.04. The van der Waals surface area contributed by atoms with Crippen LogP contribution in [0.4, 0.5) is 14.6 Å². The second kappa shape index (κ2) is 17.1. The number of piperidine rings is 1. The van der Waals surface area contributed by atoms with Crippen molar-refractivity contribution in [2.75, 3.05) is 65.4 Å². The van der Waals surface area contributed by atoms with Gasteiger partial charge in [-0.25, -0.2) is 13.8 Å². The number of ether oxygens (including phenoxy) is 6. The first-order chi connectivity index (χ1) is 28.9. The number of nitrogens with zero attached hydrogens (tertiary/aromatic N) is 5. The topological polar surface area (TPSA) is 141 Å². The monoisotopic (exact) mass is 831 g/mol. The molecule has 0 amide bonds. The first-order valence-electron chi connectivity index (χ1n) is 20.9. The lowest BCUT2D eigenvalue weighted by molar-refractivity contribution is -0.0967. The molecule has 1 unspecified atom stereocenters. The van der Waals surface area contributed by atoms with Gasteiger partial charge in [0.25, 0.3) is 0 Å². The second-order valence-electron chi connectivity index (χ2n) is 17.3. The molecule has 322 valence electrons. The van der Waals surface area contributed by atoms with Crippen LogP contribution in [0.5, 0.6) is 17.6 Å². The summed E-state index contributed by atoms with van der Waals surface area (Å²) in [5.74, 6) is 1.36. The quantitative estimate of drug-likeness (QED) is 0.135. The van der Waals surface area contributed by atoms with E-state index in [9.17, 15) is 10.2 Å². The number of anilines is 1. The third-order valence-corrected chi connectivity index (χ3v) is 12.8. The van der Waals surface area contributed by atoms with Crippen LogP contribution in [0, 0.1) is 29.4 Å². The van der Waals surface area contributed by atoms with Gasteiger partial charge < -0.3 is 43.5 Å². The Kier molecular flexibility index (Phi) is 12.1. The van der Waals surface area contributed by atoms with E-state index in [4.69, 9.17) is 49.8 Å². The Morgan fingerprint density at radius 2 is 1.82 bits per heavy atom. The molecule has 2 aromatic heterocycles. The number of aliphatic hydroxyl groups is 2. The number of aliphatic hydroxyl groups excluding tert-OH is 1. The summed E-state index contributed by atoms with van der Waals surface area (Å²) in [5, 5.41) is 22.5. The molecule has 4 aromatic rings. The molecule has 0 radical (unpaired) electrons. The molecule has 15 heteroatoms. The Morgan fingerprint density at radius 3 is 2.55 bits per heavy atom. The van der Waals surface area contributed by atoms with Crippen LogP contribution in [0.3, 0.4) is 0 Å². The largest absolute Gasteiger partial charge is 0.480 e. The molecule has 8 rings (SSSR count). The fourth-order valence-corrected chi connectivity index (χ4v) is 10.3. The molecule has 4 aliphatic rings. The van der Waals surface area contributed by atoms with E-state index in [0.29, 0.717) is 29.8 Å². The summed E-state index contributed by atoms with van der Waals surface area (Å²) in [4.78, 5) is 18.8. The van der Waals surface area contributed by atoms with Crippen molar-refractivity contribution in [1.82, 2.24) is 19.9 Å². The molecule has 7 atom stereocenters. The zero-order valence-corrected chi connectivity index (χ0v) is 35.0. The van der Waals surface area contributed by atoms with Crippen molar-refractivity contribution in [3.8, 4) is 41.2 Å². The van der Waals surface area contributed by atoms with Crippen LogP contribution in [-0.2, 0) is 14.2 Å². The number of fused-ring (bicyclic) bond motifs is 3. The molecule has 2 N–H and O–H groups in total. The predicted octanol–water partition coefficient (Wildman–Crippen LogP) is 6.01. The number of halogens is 2. The molecular weight excluding hydrogens is 777 g/mol. The predicted molar refractivity (Wildman–Crippen MR) is 221 cm³/mol. The molecule has 13 nitrogen and oxygen atoms in total. The van der Waals surface area contributed by atoms with Crippen LogP contribution < -0.4 is 19.1 Å². The third-order valence-electron chi connectivity index (χ3n) is 12.8. The molecule has 3 saturated heterocycles. The van der Waals surface area contributed by atoms with Gasteiger partial charge in [0.05, 0.1) is 57.4 Å². The third kappa shape index (κ3) is 8.06. The van der Waals surface area contributed by atoms with Crippen molar-refractivity contribution in [1.29, 1.82) is 0 Å². The molecule has 2 aromatic carbocycles. The standard InChI is InChI=1S/C45H55F2N5O8/c1-7-32-34(46)12-11-28-18-30(59-25-55-5)19-33(36(28)32)39-38(47)40-37(42(48-39)56-6)41(51-20-31(21-53)57-23-44(4,54)22-51)50-43(49-40)58-24-45-13-8-10-35(45)52(15-9-14-45)29-16-26(2)60-27(3)17-29/h1,11-12,18-19,26-27,29,31,35,53-54H,8-10,13-17,20-25H2,2-6H3/t26-,27+,29?,31-,35-,44+,45-/m1/s1. The number of pyridine rings is 1. The van der Waals surface area contributed by atoms with E-state index in [2.05, 4.69) is 24.7 Å². The highest BCUT2D eigenvalue weighted by Crippen LogP contribution is 2.50. The Bertz CT molecular complexity index is 2260. The maximum Gasteiger partial charge on any atom is 0.319 e. The Balaban J connectivity index is 1.28. The van der Waals surface area contributed by atoms with Crippen LogP contribution in [0.2, 0.25) is 0 Å². The van der Waals surface area contributed by atoms with Crippen molar-refractivity contribution in [3.05, 3.63) is 41.5 Å². The minimum absolute atomic E-state index is 0.0127. The Morgan fingerprint density at radius 1 is 1.03 bits per heavy atom. The van der Waals surface area contributed by atoms with Gasteiger partial charge in [-0.3, -0.25) is 4.90 Å². The van der Waals surface area contributed by atoms with Gasteiger partial charge in [0.2, 0.25) is 5.88 Å². The zero-order chi connectivity index (χ0) is 42.3. The van der Waals surface area contributed by atoms with Crippen molar-refractivity contribution >= 4 is 27.5 Å². The Hall–Kier alpha value is -4.43. The summed E-state index contributed by atoms with van der Waals surface area (Å²) in [6, 6.07) is 6.63. The van der Waals surface area contributed by atoms with Crippen LogP contribution in [0.25, 0.3) is 32.9 Å². The molecule has 4 fully saturated rings. The van der Waals surface area contributed by atoms with E-state index in [1.807, 2.05) is 0 Å². The molecule has 0 bridgehead atoms. The average Bonchev–Trinajstić information content (AvgIpc) is 3.60. The van der Waals surface area contributed by atoms with Crippen LogP contribution in [0.15, 0.2) is 24.3 Å². The van der Waals surface area contributed by atoms with Gasteiger partial charge in [-0.2, -0.15) is 9.97 Å². The summed E-state index contributed by atoms with van der Waals surface area (Å²) < 4.78 is 68.5. The summed E-state index contributed by atoms with van der Waals surface area (Å²) in [6.45, 7) is 6.89. The molecule has 60 heavy (non-hydrogen) atoms. The SMILES string of the molecule is C#Cc1c(F)ccc2cc(OCOC)cc(-c3nc(OC)c4c(N5C[C@H](CO)OC[C@@](C)(O)C5)nc(OC[C@]56CCC[C@H]5N(C5C[C@@H](C)O[C@@H](C)C5)CCC6)nc4c3F)c12. The molecule has 5 heterocycles. The number of methoxy groups -OCH3 is 2. The number of aromatic nitrogens is 3. The van der Waals surface area contributed by atoms with Gasteiger partial charge in [-0.05, 0) is 89.4 Å². The van der Waals surface area contributed by atoms with Crippen molar-refractivity contribution in [2.24, 2.45) is 5.41 Å². The average molecular weight is 832 g/mol.